The summed E-state index contributed by atoms with van der Waals surface area (Å²) < 4.78 is 7.07. The van der Waals surface area contributed by atoms with Crippen molar-refractivity contribution in [3.05, 3.63) is 47.0 Å². The Morgan fingerprint density at radius 2 is 1.96 bits per heavy atom. The molecule has 0 spiro atoms. The fourth-order valence-corrected chi connectivity index (χ4v) is 4.00. The summed E-state index contributed by atoms with van der Waals surface area (Å²) in [5.74, 6) is 0. The van der Waals surface area contributed by atoms with Crippen LogP contribution in [0.15, 0.2) is 34.7 Å². The minimum atomic E-state index is 0.494. The zero-order valence-corrected chi connectivity index (χ0v) is 15.5. The van der Waals surface area contributed by atoms with E-state index >= 15 is 0 Å². The maximum Gasteiger partial charge on any atom is 0.302 e. The van der Waals surface area contributed by atoms with Gasteiger partial charge in [0.1, 0.15) is 5.52 Å². The Bertz CT molecular complexity index is 1050. The zero-order valence-electron chi connectivity index (χ0n) is 14.7. The molecule has 1 N–H and O–H groups in total. The number of unbranched alkanes of at least 4 members (excludes halogenated alkanes) is 1. The molecule has 128 valence electrons. The quantitative estimate of drug-likeness (QED) is 0.469. The van der Waals surface area contributed by atoms with Gasteiger partial charge in [-0.15, -0.1) is 0 Å². The Labute approximate surface area is 150 Å². The number of nitrogens with zero attached hydrogens (tertiary/aromatic N) is 2. The number of fused-ring (bicyclic) bond motifs is 2. The van der Waals surface area contributed by atoms with E-state index in [0.717, 1.165) is 33.7 Å². The third kappa shape index (κ3) is 3.24. The monoisotopic (exact) mass is 351 g/mol. The van der Waals surface area contributed by atoms with Crippen molar-refractivity contribution < 1.29 is 4.42 Å². The highest BCUT2D eigenvalue weighted by Gasteiger charge is 2.11. The minimum absolute atomic E-state index is 0.494. The standard InChI is InChI=1S/C20H21N3OS/c1-4-5-6-14-7-8-15-17(11-14)25-20(22-15)23-19-21-16-10-12(2)9-13(3)18(16)24-19/h7-11H,4-6H2,1-3H3,(H,21,22,23). The van der Waals surface area contributed by atoms with E-state index in [1.807, 2.05) is 13.0 Å². The number of rotatable bonds is 5. The van der Waals surface area contributed by atoms with E-state index in [9.17, 15) is 0 Å². The summed E-state index contributed by atoms with van der Waals surface area (Å²) in [7, 11) is 0. The van der Waals surface area contributed by atoms with Gasteiger partial charge in [-0.3, -0.25) is 5.32 Å². The summed E-state index contributed by atoms with van der Waals surface area (Å²) in [4.78, 5) is 9.19. The lowest BCUT2D eigenvalue weighted by Crippen LogP contribution is -1.88. The molecule has 0 bridgehead atoms. The topological polar surface area (TPSA) is 51.0 Å². The van der Waals surface area contributed by atoms with Crippen molar-refractivity contribution >= 4 is 43.8 Å². The number of anilines is 2. The molecule has 2 aromatic heterocycles. The summed E-state index contributed by atoms with van der Waals surface area (Å²) in [5.41, 5.74) is 6.37. The molecular weight excluding hydrogens is 330 g/mol. The van der Waals surface area contributed by atoms with Gasteiger partial charge in [0, 0.05) is 0 Å². The van der Waals surface area contributed by atoms with E-state index in [-0.39, 0.29) is 0 Å². The second-order valence-electron chi connectivity index (χ2n) is 6.50. The van der Waals surface area contributed by atoms with Gasteiger partial charge in [0.25, 0.3) is 0 Å². The highest BCUT2D eigenvalue weighted by Crippen LogP contribution is 2.31. The van der Waals surface area contributed by atoms with Crippen molar-refractivity contribution in [3.8, 4) is 0 Å². The highest BCUT2D eigenvalue weighted by molar-refractivity contribution is 7.22. The van der Waals surface area contributed by atoms with Crippen molar-refractivity contribution in [2.24, 2.45) is 0 Å². The average Bonchev–Trinajstić information content (AvgIpc) is 3.15. The molecule has 2 heterocycles. The summed E-state index contributed by atoms with van der Waals surface area (Å²) >= 11 is 1.63. The molecule has 0 saturated carbocycles. The van der Waals surface area contributed by atoms with Crippen LogP contribution in [0.25, 0.3) is 21.3 Å². The van der Waals surface area contributed by atoms with Crippen LogP contribution in [-0.4, -0.2) is 9.97 Å². The lowest BCUT2D eigenvalue weighted by Gasteiger charge is -1.98. The van der Waals surface area contributed by atoms with Crippen LogP contribution in [0, 0.1) is 13.8 Å². The van der Waals surface area contributed by atoms with Crippen molar-refractivity contribution in [1.82, 2.24) is 9.97 Å². The minimum Gasteiger partial charge on any atom is -0.423 e. The molecule has 4 aromatic rings. The van der Waals surface area contributed by atoms with Crippen molar-refractivity contribution in [1.29, 1.82) is 0 Å². The fraction of sp³-hybridized carbons (Fsp3) is 0.300. The SMILES string of the molecule is CCCCc1ccc2nc(Nc3nc4cc(C)cc(C)c4o3)sc2c1. The third-order valence-corrected chi connectivity index (χ3v) is 5.24. The van der Waals surface area contributed by atoms with Crippen LogP contribution in [-0.2, 0) is 6.42 Å². The molecule has 2 aromatic carbocycles. The normalized spacial score (nSPS) is 11.5. The van der Waals surface area contributed by atoms with Gasteiger partial charge in [-0.25, -0.2) is 4.98 Å². The van der Waals surface area contributed by atoms with E-state index in [1.54, 1.807) is 11.3 Å². The maximum absolute atomic E-state index is 5.88. The van der Waals surface area contributed by atoms with E-state index in [2.05, 4.69) is 53.4 Å². The Hall–Kier alpha value is -2.40. The molecule has 4 rings (SSSR count). The molecule has 0 aliphatic carbocycles. The number of aromatic nitrogens is 2. The maximum atomic E-state index is 5.88. The first-order chi connectivity index (χ1) is 12.1. The molecule has 25 heavy (non-hydrogen) atoms. The van der Waals surface area contributed by atoms with Crippen LogP contribution in [0.2, 0.25) is 0 Å². The van der Waals surface area contributed by atoms with Crippen molar-refractivity contribution in [2.45, 2.75) is 40.0 Å². The Kier molecular flexibility index (Phi) is 4.17. The second-order valence-corrected chi connectivity index (χ2v) is 7.53. The molecule has 5 heteroatoms. The van der Waals surface area contributed by atoms with Crippen molar-refractivity contribution in [2.75, 3.05) is 5.32 Å². The average molecular weight is 351 g/mol. The first-order valence-corrected chi connectivity index (χ1v) is 9.48. The summed E-state index contributed by atoms with van der Waals surface area (Å²) in [6.07, 6.45) is 3.55. The van der Waals surface area contributed by atoms with Gasteiger partial charge in [0.05, 0.1) is 10.2 Å². The number of benzene rings is 2. The molecule has 0 unspecified atom stereocenters. The van der Waals surface area contributed by atoms with Gasteiger partial charge < -0.3 is 4.42 Å². The summed E-state index contributed by atoms with van der Waals surface area (Å²) in [5, 5.41) is 4.03. The van der Waals surface area contributed by atoms with Crippen LogP contribution >= 0.6 is 11.3 Å². The predicted molar refractivity (Wildman–Crippen MR) is 105 cm³/mol. The number of nitrogens with one attached hydrogen (secondary N) is 1. The van der Waals surface area contributed by atoms with Gasteiger partial charge in [0.15, 0.2) is 10.7 Å². The lowest BCUT2D eigenvalue weighted by atomic mass is 10.1. The third-order valence-electron chi connectivity index (χ3n) is 4.31. The molecule has 0 aliphatic heterocycles. The Morgan fingerprint density at radius 3 is 2.80 bits per heavy atom. The largest absolute Gasteiger partial charge is 0.423 e. The fourth-order valence-electron chi connectivity index (χ4n) is 3.08. The van der Waals surface area contributed by atoms with E-state index in [4.69, 9.17) is 4.42 Å². The molecule has 0 fully saturated rings. The molecular formula is C20H21N3OS. The van der Waals surface area contributed by atoms with Crippen LogP contribution in [0.4, 0.5) is 11.1 Å². The smallest absolute Gasteiger partial charge is 0.302 e. The van der Waals surface area contributed by atoms with Gasteiger partial charge in [0.2, 0.25) is 0 Å². The zero-order chi connectivity index (χ0) is 17.4. The van der Waals surface area contributed by atoms with Crippen LogP contribution in [0.5, 0.6) is 0 Å². The van der Waals surface area contributed by atoms with E-state index < -0.39 is 0 Å². The number of oxazole rings is 1. The first kappa shape index (κ1) is 16.1. The van der Waals surface area contributed by atoms with E-state index in [1.165, 1.54) is 28.7 Å². The molecule has 0 amide bonds. The highest BCUT2D eigenvalue weighted by atomic mass is 32.1. The molecule has 0 saturated heterocycles. The Morgan fingerprint density at radius 1 is 1.08 bits per heavy atom. The van der Waals surface area contributed by atoms with Crippen LogP contribution in [0.1, 0.15) is 36.5 Å². The van der Waals surface area contributed by atoms with Gasteiger partial charge in [-0.05, 0) is 61.6 Å². The molecule has 0 radical (unpaired) electrons. The predicted octanol–water partition coefficient (Wildman–Crippen LogP) is 6.14. The first-order valence-electron chi connectivity index (χ1n) is 8.66. The van der Waals surface area contributed by atoms with Crippen LogP contribution in [0.3, 0.4) is 0 Å². The van der Waals surface area contributed by atoms with Crippen molar-refractivity contribution in [3.63, 3.8) is 0 Å². The van der Waals surface area contributed by atoms with Crippen LogP contribution < -0.4 is 5.32 Å². The number of hydrogen-bond donors (Lipinski definition) is 1. The van der Waals surface area contributed by atoms with Gasteiger partial charge in [-0.2, -0.15) is 4.98 Å². The molecule has 0 aliphatic rings. The molecule has 0 atom stereocenters. The Balaban J connectivity index is 1.63. The second kappa shape index (κ2) is 6.48. The summed E-state index contributed by atoms with van der Waals surface area (Å²) in [6.45, 7) is 6.33. The number of hydrogen-bond acceptors (Lipinski definition) is 5. The lowest BCUT2D eigenvalue weighted by molar-refractivity contribution is 0.620. The van der Waals surface area contributed by atoms with Gasteiger partial charge >= 0.3 is 6.01 Å². The number of aryl methyl sites for hydroxylation is 3. The number of thiazole rings is 1. The molecule has 4 nitrogen and oxygen atoms in total. The van der Waals surface area contributed by atoms with E-state index in [0.29, 0.717) is 6.01 Å². The summed E-state index contributed by atoms with van der Waals surface area (Å²) in [6, 6.07) is 11.2. The van der Waals surface area contributed by atoms with Gasteiger partial charge in [-0.1, -0.05) is 36.8 Å².